The molecule has 0 aliphatic carbocycles. The molecule has 0 radical (unpaired) electrons. The molecule has 0 fully saturated rings. The Morgan fingerprint density at radius 3 is 2.50 bits per heavy atom. The number of nitrogens with zero attached hydrogens (tertiary/aromatic N) is 2. The first-order valence-corrected chi connectivity index (χ1v) is 10.2. The van der Waals surface area contributed by atoms with Crippen LogP contribution in [-0.4, -0.2) is 26.4 Å². The lowest BCUT2D eigenvalue weighted by Gasteiger charge is -2.09. The zero-order valence-corrected chi connectivity index (χ0v) is 15.5. The molecule has 0 atom stereocenters. The molecule has 1 amide bonds. The minimum atomic E-state index is -3.70. The Kier molecular flexibility index (Phi) is 3.91. The second kappa shape index (κ2) is 6.01. The van der Waals surface area contributed by atoms with Crippen LogP contribution in [0.3, 0.4) is 0 Å². The lowest BCUT2D eigenvalue weighted by Crippen LogP contribution is -2.20. The quantitative estimate of drug-likeness (QED) is 0.750. The van der Waals surface area contributed by atoms with E-state index >= 15 is 0 Å². The van der Waals surface area contributed by atoms with Gasteiger partial charge in [0.1, 0.15) is 5.01 Å². The highest BCUT2D eigenvalue weighted by Crippen LogP contribution is 2.34. The van der Waals surface area contributed by atoms with Gasteiger partial charge in [-0.2, -0.15) is 0 Å². The molecule has 2 heterocycles. The van der Waals surface area contributed by atoms with Crippen LogP contribution in [0.5, 0.6) is 0 Å². The van der Waals surface area contributed by atoms with Crippen molar-refractivity contribution in [2.45, 2.75) is 11.3 Å². The van der Waals surface area contributed by atoms with Crippen molar-refractivity contribution in [2.75, 3.05) is 11.9 Å². The molecule has 132 valence electrons. The van der Waals surface area contributed by atoms with E-state index in [0.29, 0.717) is 6.42 Å². The minimum Gasteiger partial charge on any atom is -0.315 e. The number of carbonyl (C=O) groups is 1. The maximum atomic E-state index is 11.8. The zero-order chi connectivity index (χ0) is 18.5. The largest absolute Gasteiger partial charge is 0.315 e. The fourth-order valence-corrected chi connectivity index (χ4v) is 4.31. The molecule has 4 rings (SSSR count). The van der Waals surface area contributed by atoms with Crippen molar-refractivity contribution < 1.29 is 13.2 Å². The molecule has 2 aromatic carbocycles. The van der Waals surface area contributed by atoms with E-state index in [-0.39, 0.29) is 10.8 Å². The van der Waals surface area contributed by atoms with E-state index in [4.69, 9.17) is 5.14 Å². The van der Waals surface area contributed by atoms with Crippen LogP contribution in [0, 0.1) is 0 Å². The summed E-state index contributed by atoms with van der Waals surface area (Å²) in [6.45, 7) is 0. The number of carbonyl (C=O) groups excluding carboxylic acids is 1. The number of nitrogens with two attached hydrogens (primary N) is 1. The first kappa shape index (κ1) is 16.9. The lowest BCUT2D eigenvalue weighted by atomic mass is 10.1. The molecule has 0 saturated heterocycles. The second-order valence-corrected chi connectivity index (χ2v) is 8.50. The summed E-state index contributed by atoms with van der Waals surface area (Å²) in [4.78, 5) is 18.2. The molecule has 6 nitrogen and oxygen atoms in total. The highest BCUT2D eigenvalue weighted by molar-refractivity contribution is 7.89. The fraction of sp³-hybridized carbons (Fsp3) is 0.111. The molecular formula is C18H15N3O3S2. The van der Waals surface area contributed by atoms with Gasteiger partial charge in [0.25, 0.3) is 0 Å². The molecule has 0 bridgehead atoms. The number of anilines is 1. The van der Waals surface area contributed by atoms with Gasteiger partial charge in [-0.3, -0.25) is 4.79 Å². The molecule has 1 aliphatic rings. The third-order valence-electron chi connectivity index (χ3n) is 4.39. The first-order chi connectivity index (χ1) is 12.3. The summed E-state index contributed by atoms with van der Waals surface area (Å²) in [6, 6.07) is 12.2. The van der Waals surface area contributed by atoms with Gasteiger partial charge in [0.15, 0.2) is 0 Å². The van der Waals surface area contributed by atoms with Crippen molar-refractivity contribution in [3.8, 4) is 21.8 Å². The van der Waals surface area contributed by atoms with Gasteiger partial charge in [-0.15, -0.1) is 11.3 Å². The summed E-state index contributed by atoms with van der Waals surface area (Å²) in [5.41, 5.74) is 4.54. The van der Waals surface area contributed by atoms with Crippen LogP contribution in [0.25, 0.3) is 21.8 Å². The molecule has 0 spiro atoms. The van der Waals surface area contributed by atoms with Crippen molar-refractivity contribution in [2.24, 2.45) is 5.14 Å². The Bertz CT molecular complexity index is 1120. The van der Waals surface area contributed by atoms with Gasteiger partial charge in [-0.05, 0) is 29.8 Å². The summed E-state index contributed by atoms with van der Waals surface area (Å²) >= 11 is 1.48. The highest BCUT2D eigenvalue weighted by Gasteiger charge is 2.24. The number of likely N-dealkylation sites (N-methyl/N-ethyl adjacent to an activating group) is 1. The maximum Gasteiger partial charge on any atom is 0.238 e. The average Bonchev–Trinajstić information content (AvgIpc) is 3.20. The van der Waals surface area contributed by atoms with Gasteiger partial charge in [-0.1, -0.05) is 18.2 Å². The minimum absolute atomic E-state index is 0.0745. The van der Waals surface area contributed by atoms with Gasteiger partial charge < -0.3 is 4.90 Å². The third kappa shape index (κ3) is 2.92. The molecular weight excluding hydrogens is 370 g/mol. The average molecular weight is 385 g/mol. The molecule has 0 saturated carbocycles. The number of fused-ring (bicyclic) bond motifs is 1. The molecule has 2 N–H and O–H groups in total. The fourth-order valence-electron chi connectivity index (χ4n) is 2.96. The molecule has 1 aliphatic heterocycles. The summed E-state index contributed by atoms with van der Waals surface area (Å²) in [6.07, 6.45) is 0.408. The van der Waals surface area contributed by atoms with Crippen LogP contribution in [0.4, 0.5) is 5.69 Å². The Balaban J connectivity index is 1.65. The number of hydrogen-bond donors (Lipinski definition) is 1. The van der Waals surface area contributed by atoms with E-state index in [2.05, 4.69) is 4.98 Å². The van der Waals surface area contributed by atoms with E-state index in [1.165, 1.54) is 23.5 Å². The van der Waals surface area contributed by atoms with Crippen LogP contribution in [0.15, 0.2) is 52.7 Å². The van der Waals surface area contributed by atoms with Crippen LogP contribution in [0.1, 0.15) is 5.56 Å². The van der Waals surface area contributed by atoms with Crippen LogP contribution in [0.2, 0.25) is 0 Å². The second-order valence-electron chi connectivity index (χ2n) is 6.08. The third-order valence-corrected chi connectivity index (χ3v) is 6.21. The van der Waals surface area contributed by atoms with Crippen molar-refractivity contribution in [3.05, 3.63) is 53.4 Å². The van der Waals surface area contributed by atoms with E-state index in [9.17, 15) is 13.2 Å². The molecule has 3 aromatic rings. The topological polar surface area (TPSA) is 93.4 Å². The number of sulfonamides is 1. The molecule has 0 unspecified atom stereocenters. The predicted octanol–water partition coefficient (Wildman–Crippen LogP) is 2.64. The summed E-state index contributed by atoms with van der Waals surface area (Å²) in [7, 11) is -1.93. The Morgan fingerprint density at radius 2 is 1.81 bits per heavy atom. The van der Waals surface area contributed by atoms with Crippen LogP contribution in [-0.2, 0) is 21.2 Å². The lowest BCUT2D eigenvalue weighted by molar-refractivity contribution is -0.117. The monoisotopic (exact) mass is 385 g/mol. The number of thiazole rings is 1. The van der Waals surface area contributed by atoms with Gasteiger partial charge in [0, 0.05) is 29.2 Å². The number of hydrogen-bond acceptors (Lipinski definition) is 5. The Morgan fingerprint density at radius 1 is 1.12 bits per heavy atom. The Labute approximate surface area is 155 Å². The van der Waals surface area contributed by atoms with E-state index in [0.717, 1.165) is 33.1 Å². The van der Waals surface area contributed by atoms with E-state index < -0.39 is 10.0 Å². The van der Waals surface area contributed by atoms with Gasteiger partial charge in [0.2, 0.25) is 15.9 Å². The van der Waals surface area contributed by atoms with Crippen molar-refractivity contribution in [1.29, 1.82) is 0 Å². The number of benzene rings is 2. The van der Waals surface area contributed by atoms with E-state index in [1.807, 2.05) is 23.6 Å². The summed E-state index contributed by atoms with van der Waals surface area (Å²) in [5.74, 6) is 0.0889. The SMILES string of the molecule is CN1C(=O)Cc2cc(-c3csc(-c4ccc(S(N)(=O)=O)cc4)n3)ccc21. The van der Waals surface area contributed by atoms with Crippen molar-refractivity contribution in [3.63, 3.8) is 0 Å². The predicted molar refractivity (Wildman–Crippen MR) is 101 cm³/mol. The smallest absolute Gasteiger partial charge is 0.238 e. The number of aromatic nitrogens is 1. The van der Waals surface area contributed by atoms with Gasteiger partial charge >= 0.3 is 0 Å². The summed E-state index contributed by atoms with van der Waals surface area (Å²) < 4.78 is 22.7. The van der Waals surface area contributed by atoms with Crippen LogP contribution >= 0.6 is 11.3 Å². The normalized spacial score (nSPS) is 13.9. The van der Waals surface area contributed by atoms with Crippen molar-refractivity contribution >= 4 is 33.0 Å². The van der Waals surface area contributed by atoms with Crippen molar-refractivity contribution in [1.82, 2.24) is 4.98 Å². The maximum absolute atomic E-state index is 11.8. The van der Waals surface area contributed by atoms with Crippen LogP contribution < -0.4 is 10.0 Å². The molecule has 1 aromatic heterocycles. The summed E-state index contributed by atoms with van der Waals surface area (Å²) in [5, 5.41) is 7.86. The molecule has 8 heteroatoms. The van der Waals surface area contributed by atoms with E-state index in [1.54, 1.807) is 24.1 Å². The number of rotatable bonds is 3. The standard InChI is InChI=1S/C18H15N3O3S2/c1-21-16-7-4-12(8-13(16)9-17(21)22)15-10-25-18(20-15)11-2-5-14(6-3-11)26(19,23)24/h2-8,10H,9H2,1H3,(H2,19,23,24). The Hall–Kier alpha value is -2.55. The van der Waals surface area contributed by atoms with Gasteiger partial charge in [0.05, 0.1) is 17.0 Å². The number of primary sulfonamides is 1. The zero-order valence-electron chi connectivity index (χ0n) is 13.8. The number of amides is 1. The molecule has 26 heavy (non-hydrogen) atoms. The first-order valence-electron chi connectivity index (χ1n) is 7.81. The van der Waals surface area contributed by atoms with Gasteiger partial charge in [-0.25, -0.2) is 18.5 Å². The highest BCUT2D eigenvalue weighted by atomic mass is 32.2.